The van der Waals surface area contributed by atoms with Crippen molar-refractivity contribution in [1.82, 2.24) is 9.13 Å². The van der Waals surface area contributed by atoms with E-state index in [0.717, 1.165) is 22.6 Å². The molecule has 8 heteroatoms. The third kappa shape index (κ3) is 5.15. The van der Waals surface area contributed by atoms with Crippen LogP contribution in [0.3, 0.4) is 0 Å². The number of fused-ring (bicyclic) bond motifs is 1. The largest absolute Gasteiger partial charge is 0.491 e. The number of esters is 1. The zero-order valence-corrected chi connectivity index (χ0v) is 26.3. The van der Waals surface area contributed by atoms with Gasteiger partial charge in [-0.3, -0.25) is 9.36 Å². The number of aromatic nitrogens is 2. The van der Waals surface area contributed by atoms with Crippen LogP contribution in [0.25, 0.3) is 11.8 Å². The second-order valence-electron chi connectivity index (χ2n) is 10.9. The van der Waals surface area contributed by atoms with Crippen molar-refractivity contribution in [2.45, 2.75) is 67.5 Å². The average Bonchev–Trinajstić information content (AvgIpc) is 3.39. The molecule has 1 atom stereocenters. The Bertz CT molecular complexity index is 1910. The van der Waals surface area contributed by atoms with Crippen molar-refractivity contribution in [3.63, 3.8) is 0 Å². The van der Waals surface area contributed by atoms with E-state index in [9.17, 15) is 9.59 Å². The van der Waals surface area contributed by atoms with Crippen LogP contribution in [0.1, 0.15) is 67.4 Å². The Kier molecular flexibility index (Phi) is 8.10. The van der Waals surface area contributed by atoms with E-state index in [4.69, 9.17) is 14.5 Å². The Morgan fingerprint density at radius 1 is 1.07 bits per heavy atom. The topological polar surface area (TPSA) is 74.8 Å². The number of hydrogen-bond donors (Lipinski definition) is 0. The Balaban J connectivity index is 1.72. The molecule has 2 aromatic heterocycles. The van der Waals surface area contributed by atoms with Gasteiger partial charge >= 0.3 is 5.97 Å². The first-order chi connectivity index (χ1) is 20.0. The molecule has 0 N–H and O–H groups in total. The highest BCUT2D eigenvalue weighted by Crippen LogP contribution is 2.36. The summed E-state index contributed by atoms with van der Waals surface area (Å²) >= 11 is 1.32. The molecule has 0 radical (unpaired) electrons. The molecule has 0 saturated carbocycles. The number of thiazole rings is 1. The fraction of sp³-hybridized carbons (Fsp3) is 0.324. The molecule has 0 bridgehead atoms. The Hall–Kier alpha value is -4.17. The molecular weight excluding hydrogens is 546 g/mol. The standard InChI is InChI=1S/C34H37N3O4S/c1-9-40-33(39)30-23(7)35-34-37(31(30)26-14-10-11-16-28(26)41-19(2)3)32(38)29(42-34)18-25-17-21(5)36(24(25)8)27-15-12-13-20(4)22(27)6/h10-19,31H,9H2,1-8H3/b29-18+/t31-/m0/s1. The summed E-state index contributed by atoms with van der Waals surface area (Å²) < 4.78 is 16.0. The molecule has 3 heterocycles. The highest BCUT2D eigenvalue weighted by Gasteiger charge is 2.35. The van der Waals surface area contributed by atoms with Crippen molar-refractivity contribution < 1.29 is 14.3 Å². The van der Waals surface area contributed by atoms with Crippen LogP contribution in [0.2, 0.25) is 0 Å². The van der Waals surface area contributed by atoms with Gasteiger partial charge in [-0.1, -0.05) is 41.7 Å². The quantitative estimate of drug-likeness (QED) is 0.265. The van der Waals surface area contributed by atoms with Crippen molar-refractivity contribution in [2.75, 3.05) is 6.61 Å². The van der Waals surface area contributed by atoms with Crippen LogP contribution in [0, 0.1) is 27.7 Å². The SMILES string of the molecule is CCOC(=O)C1=C(C)N=c2s/c(=C/c3cc(C)n(-c4cccc(C)c4C)c3C)c(=O)n2[C@H]1c1ccccc1OC(C)C. The molecule has 0 unspecified atom stereocenters. The van der Waals surface area contributed by atoms with E-state index in [1.807, 2.05) is 44.2 Å². The van der Waals surface area contributed by atoms with Crippen molar-refractivity contribution in [3.8, 4) is 11.4 Å². The first kappa shape index (κ1) is 29.3. The zero-order valence-electron chi connectivity index (χ0n) is 25.4. The van der Waals surface area contributed by atoms with E-state index in [-0.39, 0.29) is 18.3 Å². The number of benzene rings is 2. The van der Waals surface area contributed by atoms with Gasteiger partial charge in [0.1, 0.15) is 11.8 Å². The van der Waals surface area contributed by atoms with E-state index in [1.165, 1.54) is 22.5 Å². The first-order valence-corrected chi connectivity index (χ1v) is 15.1. The number of rotatable bonds is 7. The summed E-state index contributed by atoms with van der Waals surface area (Å²) in [6.45, 7) is 16.1. The maximum absolute atomic E-state index is 14.2. The van der Waals surface area contributed by atoms with Crippen molar-refractivity contribution in [2.24, 2.45) is 4.99 Å². The van der Waals surface area contributed by atoms with Crippen LogP contribution in [0.4, 0.5) is 0 Å². The fourth-order valence-corrected chi connectivity index (χ4v) is 6.61. The van der Waals surface area contributed by atoms with Crippen molar-refractivity contribution in [3.05, 3.63) is 113 Å². The average molecular weight is 584 g/mol. The second kappa shape index (κ2) is 11.6. The number of ether oxygens (including phenoxy) is 2. The third-order valence-electron chi connectivity index (χ3n) is 7.67. The number of carbonyl (C=O) groups is 1. The third-order valence-corrected chi connectivity index (χ3v) is 8.65. The first-order valence-electron chi connectivity index (χ1n) is 14.2. The highest BCUT2D eigenvalue weighted by atomic mass is 32.1. The second-order valence-corrected chi connectivity index (χ2v) is 11.9. The molecular formula is C34H37N3O4S. The van der Waals surface area contributed by atoms with Gasteiger partial charge in [0, 0.05) is 22.6 Å². The predicted octanol–water partition coefficient (Wildman–Crippen LogP) is 5.61. The van der Waals surface area contributed by atoms with Gasteiger partial charge in [0.2, 0.25) is 0 Å². The van der Waals surface area contributed by atoms with Gasteiger partial charge in [-0.2, -0.15) is 0 Å². The summed E-state index contributed by atoms with van der Waals surface area (Å²) in [4.78, 5) is 32.8. The molecule has 1 aliphatic heterocycles. The van der Waals surface area contributed by atoms with Crippen molar-refractivity contribution >= 4 is 23.4 Å². The van der Waals surface area contributed by atoms with Crippen LogP contribution in [0.5, 0.6) is 5.75 Å². The molecule has 4 aromatic rings. The highest BCUT2D eigenvalue weighted by molar-refractivity contribution is 7.07. The maximum atomic E-state index is 14.2. The lowest BCUT2D eigenvalue weighted by Gasteiger charge is -2.26. The molecule has 0 amide bonds. The van der Waals surface area contributed by atoms with Crippen LogP contribution in [0.15, 0.2) is 69.6 Å². The normalized spacial score (nSPS) is 15.2. The van der Waals surface area contributed by atoms with Gasteiger partial charge in [-0.05, 0) is 96.4 Å². The summed E-state index contributed by atoms with van der Waals surface area (Å²) in [7, 11) is 0. The molecule has 2 aromatic carbocycles. The summed E-state index contributed by atoms with van der Waals surface area (Å²) in [5, 5.41) is 0. The monoisotopic (exact) mass is 583 g/mol. The number of carbonyl (C=O) groups excluding carboxylic acids is 1. The molecule has 1 aliphatic rings. The van der Waals surface area contributed by atoms with Gasteiger partial charge in [-0.25, -0.2) is 9.79 Å². The van der Waals surface area contributed by atoms with Crippen LogP contribution in [-0.2, 0) is 9.53 Å². The van der Waals surface area contributed by atoms with Gasteiger partial charge in [0.05, 0.1) is 28.5 Å². The van der Waals surface area contributed by atoms with E-state index < -0.39 is 12.0 Å². The van der Waals surface area contributed by atoms with Crippen LogP contribution in [-0.4, -0.2) is 27.8 Å². The number of nitrogens with zero attached hydrogens (tertiary/aromatic N) is 3. The number of allylic oxidation sites excluding steroid dienone is 1. The van der Waals surface area contributed by atoms with E-state index in [0.29, 0.717) is 31.9 Å². The van der Waals surface area contributed by atoms with E-state index in [1.54, 1.807) is 18.4 Å². The lowest BCUT2D eigenvalue weighted by Crippen LogP contribution is -2.40. The van der Waals surface area contributed by atoms with E-state index in [2.05, 4.69) is 56.5 Å². The molecule has 218 valence electrons. The van der Waals surface area contributed by atoms with E-state index >= 15 is 0 Å². The van der Waals surface area contributed by atoms with Crippen LogP contribution < -0.4 is 19.6 Å². The van der Waals surface area contributed by atoms with Crippen LogP contribution >= 0.6 is 11.3 Å². The number of aryl methyl sites for hydroxylation is 2. The van der Waals surface area contributed by atoms with Gasteiger partial charge in [-0.15, -0.1) is 0 Å². The van der Waals surface area contributed by atoms with Gasteiger partial charge in [0.15, 0.2) is 4.80 Å². The summed E-state index contributed by atoms with van der Waals surface area (Å²) in [6, 6.07) is 15.2. The molecule has 0 aliphatic carbocycles. The predicted molar refractivity (Wildman–Crippen MR) is 167 cm³/mol. The zero-order chi connectivity index (χ0) is 30.3. The molecule has 42 heavy (non-hydrogen) atoms. The lowest BCUT2D eigenvalue weighted by atomic mass is 9.95. The van der Waals surface area contributed by atoms with Gasteiger partial charge < -0.3 is 14.0 Å². The Labute approximate surface area is 250 Å². The summed E-state index contributed by atoms with van der Waals surface area (Å²) in [5.41, 5.74) is 8.02. The maximum Gasteiger partial charge on any atom is 0.338 e. The fourth-order valence-electron chi connectivity index (χ4n) is 5.58. The Morgan fingerprint density at radius 3 is 2.52 bits per heavy atom. The molecule has 0 saturated heterocycles. The number of para-hydroxylation sites is 1. The van der Waals surface area contributed by atoms with Gasteiger partial charge in [0.25, 0.3) is 5.56 Å². The lowest BCUT2D eigenvalue weighted by molar-refractivity contribution is -0.139. The molecule has 0 spiro atoms. The minimum atomic E-state index is -0.736. The van der Waals surface area contributed by atoms with Crippen molar-refractivity contribution in [1.29, 1.82) is 0 Å². The minimum absolute atomic E-state index is 0.0922. The summed E-state index contributed by atoms with van der Waals surface area (Å²) in [6.07, 6.45) is 1.84. The molecule has 0 fully saturated rings. The Morgan fingerprint density at radius 2 is 1.81 bits per heavy atom. The minimum Gasteiger partial charge on any atom is -0.491 e. The summed E-state index contributed by atoms with van der Waals surface area (Å²) in [5.74, 6) is 0.120. The molecule has 5 rings (SSSR count). The smallest absolute Gasteiger partial charge is 0.338 e. The number of hydrogen-bond acceptors (Lipinski definition) is 6. The molecule has 7 nitrogen and oxygen atoms in total.